The average molecular weight is 198 g/mol. The lowest BCUT2D eigenvalue weighted by atomic mass is 9.88. The third-order valence-corrected chi connectivity index (χ3v) is 3.16. The van der Waals surface area contributed by atoms with E-state index in [0.29, 0.717) is 12.5 Å². The van der Waals surface area contributed by atoms with E-state index in [1.807, 2.05) is 6.92 Å². The molecule has 0 radical (unpaired) electrons. The maximum absolute atomic E-state index is 11.9. The van der Waals surface area contributed by atoms with Crippen LogP contribution in [-0.4, -0.2) is 37.2 Å². The summed E-state index contributed by atoms with van der Waals surface area (Å²) in [7, 11) is 0. The number of hydrogen-bond acceptors (Lipinski definition) is 3. The Bertz CT molecular complexity index is 206. The van der Waals surface area contributed by atoms with Crippen LogP contribution in [0.3, 0.4) is 0 Å². The minimum absolute atomic E-state index is 0.106. The molecule has 14 heavy (non-hydrogen) atoms. The standard InChI is InChI=1S/C10H18N2O2/c1-8(9-6-11-7-9)10(13)12-4-2-3-5-14-12/h8-9,11H,2-7H2,1H3. The van der Waals surface area contributed by atoms with Gasteiger partial charge in [-0.1, -0.05) is 6.92 Å². The molecule has 4 nitrogen and oxygen atoms in total. The molecule has 4 heteroatoms. The molecule has 0 aromatic carbocycles. The molecule has 1 N–H and O–H groups in total. The van der Waals surface area contributed by atoms with Crippen molar-refractivity contribution in [1.82, 2.24) is 10.4 Å². The Labute approximate surface area is 84.6 Å². The van der Waals surface area contributed by atoms with Crippen LogP contribution < -0.4 is 5.32 Å². The molecule has 2 fully saturated rings. The molecule has 1 atom stereocenters. The van der Waals surface area contributed by atoms with Crippen molar-refractivity contribution >= 4 is 5.91 Å². The first-order valence-corrected chi connectivity index (χ1v) is 5.44. The first-order valence-electron chi connectivity index (χ1n) is 5.44. The van der Waals surface area contributed by atoms with Crippen molar-refractivity contribution in [1.29, 1.82) is 0 Å². The van der Waals surface area contributed by atoms with Crippen molar-refractivity contribution in [3.05, 3.63) is 0 Å². The predicted octanol–water partition coefficient (Wildman–Crippen LogP) is 0.396. The van der Waals surface area contributed by atoms with Crippen molar-refractivity contribution in [2.45, 2.75) is 19.8 Å². The number of amides is 1. The molecule has 0 aliphatic carbocycles. The molecule has 2 rings (SSSR count). The number of rotatable bonds is 2. The zero-order valence-corrected chi connectivity index (χ0v) is 8.66. The molecule has 80 valence electrons. The molecule has 1 amide bonds. The van der Waals surface area contributed by atoms with E-state index >= 15 is 0 Å². The third kappa shape index (κ3) is 1.91. The van der Waals surface area contributed by atoms with E-state index in [2.05, 4.69) is 5.32 Å². The van der Waals surface area contributed by atoms with E-state index in [9.17, 15) is 4.79 Å². The van der Waals surface area contributed by atoms with Crippen molar-refractivity contribution in [2.24, 2.45) is 11.8 Å². The molecule has 0 bridgehead atoms. The lowest BCUT2D eigenvalue weighted by molar-refractivity contribution is -0.202. The van der Waals surface area contributed by atoms with Gasteiger partial charge in [-0.25, -0.2) is 5.06 Å². The van der Waals surface area contributed by atoms with Crippen molar-refractivity contribution in [3.8, 4) is 0 Å². The summed E-state index contributed by atoms with van der Waals surface area (Å²) in [6, 6.07) is 0. The lowest BCUT2D eigenvalue weighted by Gasteiger charge is -2.35. The van der Waals surface area contributed by atoms with Crippen LogP contribution >= 0.6 is 0 Å². The molecule has 0 aromatic rings. The van der Waals surface area contributed by atoms with Crippen LogP contribution in [-0.2, 0) is 9.63 Å². The molecular formula is C10H18N2O2. The fourth-order valence-corrected chi connectivity index (χ4v) is 1.86. The Morgan fingerprint density at radius 3 is 2.79 bits per heavy atom. The van der Waals surface area contributed by atoms with Gasteiger partial charge in [-0.3, -0.25) is 9.63 Å². The van der Waals surface area contributed by atoms with Gasteiger partial charge in [-0.2, -0.15) is 0 Å². The van der Waals surface area contributed by atoms with E-state index < -0.39 is 0 Å². The third-order valence-electron chi connectivity index (χ3n) is 3.16. The number of carbonyl (C=O) groups is 1. The Hall–Kier alpha value is -0.610. The van der Waals surface area contributed by atoms with Crippen LogP contribution in [0, 0.1) is 11.8 Å². The molecular weight excluding hydrogens is 180 g/mol. The minimum Gasteiger partial charge on any atom is -0.316 e. The number of nitrogens with zero attached hydrogens (tertiary/aromatic N) is 1. The predicted molar refractivity (Wildman–Crippen MR) is 52.4 cm³/mol. The van der Waals surface area contributed by atoms with Crippen molar-refractivity contribution < 1.29 is 9.63 Å². The maximum atomic E-state index is 11.9. The first kappa shape index (κ1) is 9.93. The van der Waals surface area contributed by atoms with E-state index in [0.717, 1.165) is 32.5 Å². The Balaban J connectivity index is 1.85. The minimum atomic E-state index is 0.106. The summed E-state index contributed by atoms with van der Waals surface area (Å²) in [6.07, 6.45) is 2.14. The van der Waals surface area contributed by atoms with Gasteiger partial charge in [0.1, 0.15) is 0 Å². The number of nitrogens with one attached hydrogen (secondary N) is 1. The molecule has 2 heterocycles. The zero-order valence-electron chi connectivity index (χ0n) is 8.66. The summed E-state index contributed by atoms with van der Waals surface area (Å²) in [5, 5.41) is 4.75. The quantitative estimate of drug-likeness (QED) is 0.698. The Morgan fingerprint density at radius 1 is 1.50 bits per heavy atom. The van der Waals surface area contributed by atoms with Crippen LogP contribution in [0.15, 0.2) is 0 Å². The highest BCUT2D eigenvalue weighted by molar-refractivity contribution is 5.78. The van der Waals surface area contributed by atoms with Gasteiger partial charge in [0.25, 0.3) is 0 Å². The van der Waals surface area contributed by atoms with Crippen LogP contribution in [0.25, 0.3) is 0 Å². The van der Waals surface area contributed by atoms with E-state index in [1.54, 1.807) is 5.06 Å². The lowest BCUT2D eigenvalue weighted by Crippen LogP contribution is -2.51. The van der Waals surface area contributed by atoms with Crippen LogP contribution in [0.5, 0.6) is 0 Å². The smallest absolute Gasteiger partial charge is 0.249 e. The van der Waals surface area contributed by atoms with Gasteiger partial charge in [0.15, 0.2) is 0 Å². The van der Waals surface area contributed by atoms with E-state index in [4.69, 9.17) is 4.84 Å². The summed E-state index contributed by atoms with van der Waals surface area (Å²) in [4.78, 5) is 17.2. The first-order chi connectivity index (χ1) is 6.79. The van der Waals surface area contributed by atoms with Crippen LogP contribution in [0.4, 0.5) is 0 Å². The molecule has 2 aliphatic heterocycles. The van der Waals surface area contributed by atoms with Crippen LogP contribution in [0.1, 0.15) is 19.8 Å². The average Bonchev–Trinajstić information content (AvgIpc) is 2.15. The Kier molecular flexibility index (Phi) is 3.03. The fourth-order valence-electron chi connectivity index (χ4n) is 1.86. The van der Waals surface area contributed by atoms with E-state index in [-0.39, 0.29) is 11.8 Å². The fraction of sp³-hybridized carbons (Fsp3) is 0.900. The monoisotopic (exact) mass is 198 g/mol. The zero-order chi connectivity index (χ0) is 9.97. The molecule has 1 unspecified atom stereocenters. The van der Waals surface area contributed by atoms with Crippen molar-refractivity contribution in [2.75, 3.05) is 26.2 Å². The van der Waals surface area contributed by atoms with E-state index in [1.165, 1.54) is 0 Å². The van der Waals surface area contributed by atoms with Crippen molar-refractivity contribution in [3.63, 3.8) is 0 Å². The summed E-state index contributed by atoms with van der Waals surface area (Å²) in [5.41, 5.74) is 0. The highest BCUT2D eigenvalue weighted by Gasteiger charge is 2.32. The van der Waals surface area contributed by atoms with Crippen LogP contribution in [0.2, 0.25) is 0 Å². The summed E-state index contributed by atoms with van der Waals surface area (Å²) < 4.78 is 0. The Morgan fingerprint density at radius 2 is 2.29 bits per heavy atom. The van der Waals surface area contributed by atoms with Gasteiger partial charge in [-0.15, -0.1) is 0 Å². The molecule has 2 saturated heterocycles. The second-order valence-corrected chi connectivity index (χ2v) is 4.19. The SMILES string of the molecule is CC(C(=O)N1CCCCO1)C1CNC1. The molecule has 0 saturated carbocycles. The maximum Gasteiger partial charge on any atom is 0.249 e. The van der Waals surface area contributed by atoms with Gasteiger partial charge < -0.3 is 5.32 Å². The number of hydrogen-bond donors (Lipinski definition) is 1. The summed E-state index contributed by atoms with van der Waals surface area (Å²) >= 11 is 0. The van der Waals surface area contributed by atoms with Gasteiger partial charge >= 0.3 is 0 Å². The summed E-state index contributed by atoms with van der Waals surface area (Å²) in [6.45, 7) is 5.41. The second kappa shape index (κ2) is 4.28. The second-order valence-electron chi connectivity index (χ2n) is 4.19. The normalized spacial score (nSPS) is 25.6. The van der Waals surface area contributed by atoms with Gasteiger partial charge in [-0.05, 0) is 31.8 Å². The van der Waals surface area contributed by atoms with Gasteiger partial charge in [0, 0.05) is 12.5 Å². The summed E-state index contributed by atoms with van der Waals surface area (Å²) in [5.74, 6) is 0.776. The number of hydroxylamine groups is 2. The molecule has 2 aliphatic rings. The van der Waals surface area contributed by atoms with Gasteiger partial charge in [0.2, 0.25) is 5.91 Å². The topological polar surface area (TPSA) is 41.6 Å². The highest BCUT2D eigenvalue weighted by atomic mass is 16.7. The number of carbonyl (C=O) groups excluding carboxylic acids is 1. The largest absolute Gasteiger partial charge is 0.316 e. The molecule has 0 spiro atoms. The highest BCUT2D eigenvalue weighted by Crippen LogP contribution is 2.20. The molecule has 0 aromatic heterocycles. The van der Waals surface area contributed by atoms with Gasteiger partial charge in [0.05, 0.1) is 6.61 Å².